The maximum atomic E-state index is 13.8. The minimum Gasteiger partial charge on any atom is -0.361 e. The van der Waals surface area contributed by atoms with Crippen molar-refractivity contribution in [2.75, 3.05) is 43.4 Å². The van der Waals surface area contributed by atoms with Crippen molar-refractivity contribution in [2.45, 2.75) is 50.4 Å². The molecule has 3 aromatic heterocycles. The van der Waals surface area contributed by atoms with Crippen LogP contribution in [0.1, 0.15) is 54.3 Å². The van der Waals surface area contributed by atoms with Gasteiger partial charge in [0.15, 0.2) is 11.4 Å². The van der Waals surface area contributed by atoms with Crippen molar-refractivity contribution in [3.8, 4) is 5.69 Å². The lowest BCUT2D eigenvalue weighted by molar-refractivity contribution is -0.115. The second-order valence-electron chi connectivity index (χ2n) is 9.80. The number of amides is 1. The largest absolute Gasteiger partial charge is 0.405 e. The van der Waals surface area contributed by atoms with Crippen LogP contribution in [0.25, 0.3) is 5.69 Å². The van der Waals surface area contributed by atoms with Gasteiger partial charge in [-0.25, -0.2) is 13.8 Å². The number of piperazine rings is 1. The van der Waals surface area contributed by atoms with E-state index in [9.17, 15) is 26.7 Å². The van der Waals surface area contributed by atoms with Gasteiger partial charge < -0.3 is 16.0 Å². The zero-order valence-electron chi connectivity index (χ0n) is 21.4. The zero-order chi connectivity index (χ0) is 28.3. The van der Waals surface area contributed by atoms with Gasteiger partial charge in [0.05, 0.1) is 23.6 Å². The van der Waals surface area contributed by atoms with E-state index >= 15 is 0 Å². The average molecular weight is 569 g/mol. The molecule has 11 nitrogen and oxygen atoms in total. The van der Waals surface area contributed by atoms with Crippen LogP contribution in [-0.4, -0.2) is 85.5 Å². The van der Waals surface area contributed by atoms with E-state index < -0.39 is 30.7 Å². The van der Waals surface area contributed by atoms with Crippen molar-refractivity contribution >= 4 is 17.4 Å². The summed E-state index contributed by atoms with van der Waals surface area (Å²) in [6.45, 7) is 2.67. The molecule has 1 amide bonds. The molecule has 40 heavy (non-hydrogen) atoms. The number of aromatic nitrogens is 6. The number of nitrogens with zero attached hydrogens (tertiary/aromatic N) is 7. The SMILES string of the molecule is O=C(Nc1cn(C2CCC(N3CCNCC3)CC2)nc1C(F)F)c1cnn(-c2ccnc(NCC(F)(F)F)c2)n1. The minimum atomic E-state index is -4.43. The number of hydrogen-bond acceptors (Lipinski definition) is 8. The molecule has 4 heterocycles. The number of carbonyl (C=O) groups excluding carboxylic acids is 1. The number of nitrogens with one attached hydrogen (secondary N) is 3. The minimum absolute atomic E-state index is 0.0463. The van der Waals surface area contributed by atoms with Crippen LogP contribution in [0, 0.1) is 0 Å². The van der Waals surface area contributed by atoms with E-state index in [0.717, 1.165) is 62.9 Å². The number of rotatable bonds is 8. The lowest BCUT2D eigenvalue weighted by Gasteiger charge is -2.39. The standard InChI is InChI=1S/C24H29F5N10O/c25-22(26)21-19(13-38(36-21)16-3-1-15(2-4-16)37-9-7-30-8-10-37)34-23(40)18-12-33-39(35-18)17-5-6-31-20(11-17)32-14-24(27,28)29/h5-6,11-13,15-16,22,30H,1-4,7-10,14H2,(H,31,32)(H,34,40). The van der Waals surface area contributed by atoms with Gasteiger partial charge in [-0.2, -0.15) is 28.2 Å². The molecule has 216 valence electrons. The topological polar surface area (TPSA) is 118 Å². The summed E-state index contributed by atoms with van der Waals surface area (Å²) in [4.78, 5) is 20.2. The van der Waals surface area contributed by atoms with E-state index in [0.29, 0.717) is 6.04 Å². The average Bonchev–Trinajstić information content (AvgIpc) is 3.61. The van der Waals surface area contributed by atoms with E-state index in [-0.39, 0.29) is 28.9 Å². The first-order chi connectivity index (χ1) is 19.2. The Morgan fingerprint density at radius 2 is 1.82 bits per heavy atom. The molecular formula is C24H29F5N10O. The Bertz CT molecular complexity index is 1300. The Balaban J connectivity index is 1.24. The van der Waals surface area contributed by atoms with Gasteiger partial charge in [0, 0.05) is 50.7 Å². The number of hydrogen-bond donors (Lipinski definition) is 3. The predicted octanol–water partition coefficient (Wildman–Crippen LogP) is 3.41. The van der Waals surface area contributed by atoms with Crippen LogP contribution in [0.2, 0.25) is 0 Å². The monoisotopic (exact) mass is 568 g/mol. The second-order valence-corrected chi connectivity index (χ2v) is 9.80. The van der Waals surface area contributed by atoms with Crippen LogP contribution in [0.3, 0.4) is 0 Å². The van der Waals surface area contributed by atoms with Gasteiger partial charge in [-0.1, -0.05) is 0 Å². The normalized spacial score (nSPS) is 20.6. The molecule has 1 aliphatic carbocycles. The summed E-state index contributed by atoms with van der Waals surface area (Å²) in [5, 5.41) is 20.1. The maximum absolute atomic E-state index is 13.8. The third-order valence-electron chi connectivity index (χ3n) is 7.09. The molecular weight excluding hydrogens is 539 g/mol. The Hall–Kier alpha value is -3.66. The van der Waals surface area contributed by atoms with Gasteiger partial charge in [0.2, 0.25) is 0 Å². The van der Waals surface area contributed by atoms with E-state index in [1.807, 2.05) is 0 Å². The molecule has 3 aromatic rings. The van der Waals surface area contributed by atoms with E-state index in [4.69, 9.17) is 0 Å². The van der Waals surface area contributed by atoms with E-state index in [1.165, 1.54) is 29.2 Å². The fraction of sp³-hybridized carbons (Fsp3) is 0.542. The van der Waals surface area contributed by atoms with E-state index in [2.05, 4.69) is 41.1 Å². The smallest absolute Gasteiger partial charge is 0.361 e. The van der Waals surface area contributed by atoms with Gasteiger partial charge in [-0.05, 0) is 31.7 Å². The molecule has 1 saturated carbocycles. The third kappa shape index (κ3) is 6.72. The van der Waals surface area contributed by atoms with Crippen molar-refractivity contribution in [3.05, 3.63) is 42.1 Å². The first-order valence-corrected chi connectivity index (χ1v) is 13.0. The quantitative estimate of drug-likeness (QED) is 0.354. The molecule has 0 radical (unpaired) electrons. The molecule has 1 saturated heterocycles. The summed E-state index contributed by atoms with van der Waals surface area (Å²) >= 11 is 0. The molecule has 0 atom stereocenters. The lowest BCUT2D eigenvalue weighted by Crippen LogP contribution is -2.49. The first-order valence-electron chi connectivity index (χ1n) is 13.0. The lowest BCUT2D eigenvalue weighted by atomic mass is 9.90. The van der Waals surface area contributed by atoms with Crippen molar-refractivity contribution in [3.63, 3.8) is 0 Å². The van der Waals surface area contributed by atoms with Gasteiger partial charge in [0.1, 0.15) is 12.4 Å². The summed E-state index contributed by atoms with van der Waals surface area (Å²) < 4.78 is 66.6. The molecule has 0 bridgehead atoms. The Morgan fingerprint density at radius 3 is 2.52 bits per heavy atom. The molecule has 2 fully saturated rings. The van der Waals surface area contributed by atoms with Crippen LogP contribution in [0.4, 0.5) is 33.5 Å². The van der Waals surface area contributed by atoms with Gasteiger partial charge in [-0.3, -0.25) is 14.4 Å². The number of pyridine rings is 1. The summed E-state index contributed by atoms with van der Waals surface area (Å²) in [6.07, 6.45) is -0.0185. The summed E-state index contributed by atoms with van der Waals surface area (Å²) in [7, 11) is 0. The molecule has 0 spiro atoms. The summed E-state index contributed by atoms with van der Waals surface area (Å²) in [5.41, 5.74) is -0.567. The Kier molecular flexibility index (Phi) is 8.25. The molecule has 2 aliphatic rings. The number of carbonyl (C=O) groups is 1. The highest BCUT2D eigenvalue weighted by atomic mass is 19.4. The molecule has 0 aromatic carbocycles. The fourth-order valence-electron chi connectivity index (χ4n) is 5.09. The number of alkyl halides is 5. The van der Waals surface area contributed by atoms with Crippen LogP contribution >= 0.6 is 0 Å². The molecule has 1 aliphatic heterocycles. The van der Waals surface area contributed by atoms with Crippen LogP contribution < -0.4 is 16.0 Å². The van der Waals surface area contributed by atoms with Crippen LogP contribution in [0.5, 0.6) is 0 Å². The zero-order valence-corrected chi connectivity index (χ0v) is 21.4. The third-order valence-corrected chi connectivity index (χ3v) is 7.09. The molecule has 16 heteroatoms. The number of anilines is 2. The first kappa shape index (κ1) is 27.9. The van der Waals surface area contributed by atoms with Gasteiger partial charge in [0.25, 0.3) is 12.3 Å². The highest BCUT2D eigenvalue weighted by Gasteiger charge is 2.30. The van der Waals surface area contributed by atoms with E-state index in [1.54, 1.807) is 0 Å². The van der Waals surface area contributed by atoms with Gasteiger partial charge >= 0.3 is 6.18 Å². The fourth-order valence-corrected chi connectivity index (χ4v) is 5.09. The number of halogens is 5. The Labute approximate surface area is 226 Å². The highest BCUT2D eigenvalue weighted by molar-refractivity contribution is 6.02. The molecule has 0 unspecified atom stereocenters. The van der Waals surface area contributed by atoms with Crippen LogP contribution in [0.15, 0.2) is 30.7 Å². The molecule has 3 N–H and O–H groups in total. The predicted molar refractivity (Wildman–Crippen MR) is 135 cm³/mol. The summed E-state index contributed by atoms with van der Waals surface area (Å²) in [6, 6.07) is 3.15. The van der Waals surface area contributed by atoms with Crippen molar-refractivity contribution in [1.29, 1.82) is 0 Å². The maximum Gasteiger partial charge on any atom is 0.405 e. The van der Waals surface area contributed by atoms with Crippen molar-refractivity contribution in [2.24, 2.45) is 0 Å². The van der Waals surface area contributed by atoms with Crippen LogP contribution in [-0.2, 0) is 0 Å². The Morgan fingerprint density at radius 1 is 1.10 bits per heavy atom. The second kappa shape index (κ2) is 11.8. The van der Waals surface area contributed by atoms with Gasteiger partial charge in [-0.15, -0.1) is 5.10 Å². The van der Waals surface area contributed by atoms with Crippen molar-refractivity contribution < 1.29 is 26.7 Å². The summed E-state index contributed by atoms with van der Waals surface area (Å²) in [5.74, 6) is -0.839. The van der Waals surface area contributed by atoms with Crippen molar-refractivity contribution in [1.82, 2.24) is 40.0 Å². The highest BCUT2D eigenvalue weighted by Crippen LogP contribution is 2.34. The molecule has 5 rings (SSSR count).